The molecule has 3 N–H and O–H groups in total. The molecule has 0 spiro atoms. The van der Waals surface area contributed by atoms with Gasteiger partial charge in [0.15, 0.2) is 0 Å². The van der Waals surface area contributed by atoms with Crippen molar-refractivity contribution in [3.63, 3.8) is 0 Å². The van der Waals surface area contributed by atoms with Crippen molar-refractivity contribution < 1.29 is 4.68 Å². The number of aromatic amines is 1. The van der Waals surface area contributed by atoms with Crippen LogP contribution < -0.4 is 10.4 Å². The third-order valence-electron chi connectivity index (χ3n) is 1.02. The Labute approximate surface area is 53.0 Å². The lowest BCUT2D eigenvalue weighted by Gasteiger charge is -1.85. The Morgan fingerprint density at radius 3 is 3.00 bits per heavy atom. The van der Waals surface area contributed by atoms with Gasteiger partial charge in [-0.05, 0) is 6.07 Å². The van der Waals surface area contributed by atoms with E-state index in [-0.39, 0.29) is 0 Å². The van der Waals surface area contributed by atoms with Crippen molar-refractivity contribution in [3.05, 3.63) is 18.5 Å². The van der Waals surface area contributed by atoms with Gasteiger partial charge >= 0.3 is 5.96 Å². The minimum absolute atomic E-state index is 0.458. The van der Waals surface area contributed by atoms with Crippen molar-refractivity contribution in [1.29, 1.82) is 0 Å². The zero-order chi connectivity index (χ0) is 6.69. The lowest BCUT2D eigenvalue weighted by atomic mass is 10.7. The van der Waals surface area contributed by atoms with Crippen molar-refractivity contribution in [3.8, 4) is 0 Å². The fourth-order valence-corrected chi connectivity index (χ4v) is 0.546. The highest BCUT2D eigenvalue weighted by molar-refractivity contribution is 5.67. The Morgan fingerprint density at radius 1 is 1.78 bits per heavy atom. The molecule has 4 nitrogen and oxygen atoms in total. The molecule has 0 amide bonds. The van der Waals surface area contributed by atoms with Crippen molar-refractivity contribution in [2.24, 2.45) is 10.7 Å². The van der Waals surface area contributed by atoms with Crippen LogP contribution in [0.25, 0.3) is 0 Å². The number of nitrogens with one attached hydrogen (secondary N) is 1. The molecule has 9 heavy (non-hydrogen) atoms. The van der Waals surface area contributed by atoms with Crippen LogP contribution in [0.3, 0.4) is 0 Å². The van der Waals surface area contributed by atoms with E-state index in [2.05, 4.69) is 10.1 Å². The van der Waals surface area contributed by atoms with Crippen LogP contribution in [-0.4, -0.2) is 18.1 Å². The molecular formula is C5H9N4+. The topological polar surface area (TPSA) is 58.0 Å². The average Bonchev–Trinajstić information content (AvgIpc) is 2.37. The Bertz CT molecular complexity index is 199. The van der Waals surface area contributed by atoms with Crippen LogP contribution in [0.4, 0.5) is 0 Å². The number of H-pyrrole nitrogens is 1. The number of nitrogens with zero attached hydrogens (tertiary/aromatic N) is 2. The van der Waals surface area contributed by atoms with Gasteiger partial charge in [-0.25, -0.2) is 0 Å². The van der Waals surface area contributed by atoms with E-state index in [1.54, 1.807) is 24.1 Å². The molecule has 0 fully saturated rings. The van der Waals surface area contributed by atoms with Crippen LogP contribution >= 0.6 is 0 Å². The minimum Gasteiger partial charge on any atom is -0.286 e. The molecule has 0 atom stereocenters. The molecule has 0 unspecified atom stereocenters. The summed E-state index contributed by atoms with van der Waals surface area (Å²) in [5, 5.41) is 2.85. The fourth-order valence-electron chi connectivity index (χ4n) is 0.546. The first-order chi connectivity index (χ1) is 4.34. The third kappa shape index (κ3) is 1.07. The molecule has 0 saturated heterocycles. The predicted octanol–water partition coefficient (Wildman–Crippen LogP) is -0.905. The van der Waals surface area contributed by atoms with Gasteiger partial charge in [0.1, 0.15) is 0 Å². The molecular weight excluding hydrogens is 116 g/mol. The summed E-state index contributed by atoms with van der Waals surface area (Å²) >= 11 is 0. The van der Waals surface area contributed by atoms with Crippen LogP contribution in [0.5, 0.6) is 0 Å². The SMILES string of the molecule is CN=C(N)[n+]1ccc[nH]1. The lowest BCUT2D eigenvalue weighted by Crippen LogP contribution is -2.49. The van der Waals surface area contributed by atoms with Gasteiger partial charge in [-0.15, -0.1) is 9.67 Å². The monoisotopic (exact) mass is 125 g/mol. The molecule has 48 valence electrons. The molecule has 0 aliphatic rings. The Kier molecular flexibility index (Phi) is 1.48. The molecule has 0 aromatic carbocycles. The van der Waals surface area contributed by atoms with Crippen molar-refractivity contribution in [1.82, 2.24) is 5.10 Å². The fraction of sp³-hybridized carbons (Fsp3) is 0.200. The molecule has 1 rings (SSSR count). The molecule has 0 aliphatic heterocycles. The van der Waals surface area contributed by atoms with Gasteiger partial charge < -0.3 is 0 Å². The first-order valence-electron chi connectivity index (χ1n) is 2.62. The smallest absolute Gasteiger partial charge is 0.286 e. The number of aliphatic imine (C=N–C) groups is 1. The first-order valence-corrected chi connectivity index (χ1v) is 2.62. The molecule has 0 aliphatic carbocycles. The van der Waals surface area contributed by atoms with E-state index in [1.165, 1.54) is 0 Å². The Hall–Kier alpha value is -1.32. The predicted molar refractivity (Wildman–Crippen MR) is 33.9 cm³/mol. The standard InChI is InChI=1S/C5H8N4/c1-7-5(6)9-4-2-3-8-9/h2-4H,1H3,(H2,6,7)/p+1. The molecule has 1 aromatic heterocycles. The second-order valence-corrected chi connectivity index (χ2v) is 1.59. The summed E-state index contributed by atoms with van der Waals surface area (Å²) in [5.74, 6) is 0.458. The maximum atomic E-state index is 5.42. The average molecular weight is 125 g/mol. The highest BCUT2D eigenvalue weighted by atomic mass is 15.3. The summed E-state index contributed by atoms with van der Waals surface area (Å²) in [6.45, 7) is 0. The minimum atomic E-state index is 0.458. The third-order valence-corrected chi connectivity index (χ3v) is 1.02. The second kappa shape index (κ2) is 2.30. The lowest BCUT2D eigenvalue weighted by molar-refractivity contribution is -0.619. The van der Waals surface area contributed by atoms with Gasteiger partial charge in [0, 0.05) is 6.20 Å². The van der Waals surface area contributed by atoms with Gasteiger partial charge in [-0.1, -0.05) is 0 Å². The van der Waals surface area contributed by atoms with Crippen molar-refractivity contribution >= 4 is 5.96 Å². The molecule has 1 aromatic rings. The zero-order valence-corrected chi connectivity index (χ0v) is 5.20. The number of hydrogen-bond acceptors (Lipinski definition) is 1. The van der Waals surface area contributed by atoms with Crippen LogP contribution in [0.2, 0.25) is 0 Å². The summed E-state index contributed by atoms with van der Waals surface area (Å²) < 4.78 is 1.62. The molecule has 0 saturated carbocycles. The van der Waals surface area contributed by atoms with E-state index in [1.807, 2.05) is 6.07 Å². The molecule has 1 heterocycles. The first kappa shape index (κ1) is 5.81. The van der Waals surface area contributed by atoms with Gasteiger partial charge in [0.2, 0.25) is 0 Å². The summed E-state index contributed by atoms with van der Waals surface area (Å²) in [6, 6.07) is 1.85. The maximum absolute atomic E-state index is 5.42. The van der Waals surface area contributed by atoms with Crippen molar-refractivity contribution in [2.45, 2.75) is 0 Å². The summed E-state index contributed by atoms with van der Waals surface area (Å²) in [7, 11) is 1.64. The van der Waals surface area contributed by atoms with Gasteiger partial charge in [-0.2, -0.15) is 0 Å². The number of rotatable bonds is 0. The van der Waals surface area contributed by atoms with E-state index in [4.69, 9.17) is 5.73 Å². The highest BCUT2D eigenvalue weighted by Crippen LogP contribution is 1.67. The molecule has 0 bridgehead atoms. The quantitative estimate of drug-likeness (QED) is 0.263. The largest absolute Gasteiger partial charge is 0.406 e. The van der Waals surface area contributed by atoms with Crippen molar-refractivity contribution in [2.75, 3.05) is 7.05 Å². The van der Waals surface area contributed by atoms with Crippen LogP contribution in [0.1, 0.15) is 0 Å². The van der Waals surface area contributed by atoms with Crippen LogP contribution in [-0.2, 0) is 0 Å². The summed E-state index contributed by atoms with van der Waals surface area (Å²) in [4.78, 5) is 3.76. The van der Waals surface area contributed by atoms with E-state index in [0.717, 1.165) is 0 Å². The van der Waals surface area contributed by atoms with E-state index in [9.17, 15) is 0 Å². The molecule has 0 radical (unpaired) electrons. The zero-order valence-electron chi connectivity index (χ0n) is 5.20. The Morgan fingerprint density at radius 2 is 2.56 bits per heavy atom. The van der Waals surface area contributed by atoms with E-state index >= 15 is 0 Å². The maximum Gasteiger partial charge on any atom is 0.406 e. The summed E-state index contributed by atoms with van der Waals surface area (Å²) in [6.07, 6.45) is 3.57. The van der Waals surface area contributed by atoms with Gasteiger partial charge in [-0.3, -0.25) is 10.8 Å². The number of aromatic nitrogens is 2. The molecule has 4 heteroatoms. The highest BCUT2D eigenvalue weighted by Gasteiger charge is 1.99. The number of nitrogens with two attached hydrogens (primary N) is 1. The van der Waals surface area contributed by atoms with Gasteiger partial charge in [0.05, 0.1) is 13.2 Å². The van der Waals surface area contributed by atoms with E-state index < -0.39 is 0 Å². The Balaban J connectivity index is 2.90. The van der Waals surface area contributed by atoms with E-state index in [0.29, 0.717) is 5.96 Å². The van der Waals surface area contributed by atoms with Crippen LogP contribution in [0, 0.1) is 0 Å². The second-order valence-electron chi connectivity index (χ2n) is 1.59. The van der Waals surface area contributed by atoms with Crippen LogP contribution in [0.15, 0.2) is 23.5 Å². The number of hydrogen-bond donors (Lipinski definition) is 2. The normalized spacial score (nSPS) is 11.9. The summed E-state index contributed by atoms with van der Waals surface area (Å²) in [5.41, 5.74) is 5.42. The van der Waals surface area contributed by atoms with Gasteiger partial charge in [0.25, 0.3) is 0 Å².